The van der Waals surface area contributed by atoms with Crippen LogP contribution in [0.1, 0.15) is 10.4 Å². The van der Waals surface area contributed by atoms with Crippen LogP contribution >= 0.6 is 0 Å². The van der Waals surface area contributed by atoms with Crippen LogP contribution < -0.4 is 10.2 Å². The number of carbonyl (C=O) groups is 1. The fourth-order valence-electron chi connectivity index (χ4n) is 2.99. The number of para-hydroxylation sites is 1. The number of nitrogens with one attached hydrogen (secondary N) is 1. The Bertz CT molecular complexity index is 760. The second-order valence-electron chi connectivity index (χ2n) is 6.05. The summed E-state index contributed by atoms with van der Waals surface area (Å²) in [6, 6.07) is 11.9. The molecule has 1 amide bonds. The molecule has 1 aliphatic rings. The van der Waals surface area contributed by atoms with Crippen molar-refractivity contribution in [1.29, 1.82) is 0 Å². The molecule has 26 heavy (non-hydrogen) atoms. The number of hydrogen-bond acceptors (Lipinski definition) is 6. The van der Waals surface area contributed by atoms with Gasteiger partial charge in [0.25, 0.3) is 11.6 Å². The van der Waals surface area contributed by atoms with Crippen LogP contribution in [-0.4, -0.2) is 60.0 Å². The van der Waals surface area contributed by atoms with Crippen LogP contribution in [0.15, 0.2) is 48.7 Å². The van der Waals surface area contributed by atoms with E-state index in [2.05, 4.69) is 20.1 Å². The van der Waals surface area contributed by atoms with Crippen molar-refractivity contribution in [2.75, 3.05) is 44.2 Å². The molecule has 0 radical (unpaired) electrons. The van der Waals surface area contributed by atoms with E-state index in [1.165, 1.54) is 12.1 Å². The number of nitro benzene ring substituents is 1. The highest BCUT2D eigenvalue weighted by atomic mass is 16.6. The first kappa shape index (κ1) is 17.8. The second-order valence-corrected chi connectivity index (χ2v) is 6.05. The van der Waals surface area contributed by atoms with E-state index >= 15 is 0 Å². The predicted octanol–water partition coefficient (Wildman–Crippen LogP) is 1.54. The van der Waals surface area contributed by atoms with E-state index in [0.717, 1.165) is 32.0 Å². The number of rotatable bonds is 6. The van der Waals surface area contributed by atoms with Crippen LogP contribution in [0.5, 0.6) is 0 Å². The Morgan fingerprint density at radius 2 is 1.85 bits per heavy atom. The molecule has 1 aromatic carbocycles. The summed E-state index contributed by atoms with van der Waals surface area (Å²) in [7, 11) is 0. The summed E-state index contributed by atoms with van der Waals surface area (Å²) in [6.07, 6.45) is 1.79. The van der Waals surface area contributed by atoms with Crippen LogP contribution in [0.3, 0.4) is 0 Å². The van der Waals surface area contributed by atoms with E-state index in [4.69, 9.17) is 0 Å². The van der Waals surface area contributed by atoms with Gasteiger partial charge in [0.15, 0.2) is 0 Å². The smallest absolute Gasteiger partial charge is 0.282 e. The van der Waals surface area contributed by atoms with E-state index in [-0.39, 0.29) is 11.3 Å². The number of nitrogens with zero attached hydrogens (tertiary/aromatic N) is 4. The average molecular weight is 355 g/mol. The molecule has 1 fully saturated rings. The van der Waals surface area contributed by atoms with Crippen LogP contribution in [0.25, 0.3) is 0 Å². The summed E-state index contributed by atoms with van der Waals surface area (Å²) in [4.78, 5) is 31.5. The number of nitro groups is 1. The minimum atomic E-state index is -0.536. The molecule has 0 unspecified atom stereocenters. The van der Waals surface area contributed by atoms with Crippen molar-refractivity contribution in [2.45, 2.75) is 0 Å². The van der Waals surface area contributed by atoms with E-state index in [9.17, 15) is 14.9 Å². The van der Waals surface area contributed by atoms with Crippen molar-refractivity contribution < 1.29 is 9.72 Å². The molecule has 1 aromatic heterocycles. The first-order chi connectivity index (χ1) is 12.6. The number of pyridine rings is 1. The fourth-order valence-corrected chi connectivity index (χ4v) is 2.99. The molecular formula is C18H21N5O3. The molecule has 0 aliphatic carbocycles. The Labute approximate surface area is 151 Å². The lowest BCUT2D eigenvalue weighted by Crippen LogP contribution is -2.48. The third kappa shape index (κ3) is 4.34. The maximum absolute atomic E-state index is 12.2. The fraction of sp³-hybridized carbons (Fsp3) is 0.333. The Balaban J connectivity index is 1.45. The monoisotopic (exact) mass is 355 g/mol. The molecule has 0 bridgehead atoms. The van der Waals surface area contributed by atoms with Gasteiger partial charge in [-0.1, -0.05) is 18.2 Å². The molecule has 0 saturated carbocycles. The van der Waals surface area contributed by atoms with Crippen LogP contribution in [0, 0.1) is 10.1 Å². The van der Waals surface area contributed by atoms with Gasteiger partial charge in [0.05, 0.1) is 4.92 Å². The quantitative estimate of drug-likeness (QED) is 0.624. The SMILES string of the molecule is O=C(NCCN1CCN(c2ccccn2)CC1)c1ccccc1[N+](=O)[O-]. The van der Waals surface area contributed by atoms with E-state index in [0.29, 0.717) is 13.1 Å². The number of piperazine rings is 1. The summed E-state index contributed by atoms with van der Waals surface area (Å²) in [5.41, 5.74) is -0.0774. The minimum absolute atomic E-state index is 0.0949. The normalized spacial score (nSPS) is 14.8. The number of hydrogen-bond donors (Lipinski definition) is 1. The van der Waals surface area contributed by atoms with Gasteiger partial charge in [-0.2, -0.15) is 0 Å². The van der Waals surface area contributed by atoms with Crippen molar-refractivity contribution in [2.24, 2.45) is 0 Å². The van der Waals surface area contributed by atoms with E-state index in [1.807, 2.05) is 18.2 Å². The van der Waals surface area contributed by atoms with Crippen molar-refractivity contribution >= 4 is 17.4 Å². The average Bonchev–Trinajstić information content (AvgIpc) is 2.69. The summed E-state index contributed by atoms with van der Waals surface area (Å²) in [5.74, 6) is 0.571. The number of amides is 1. The number of anilines is 1. The molecule has 2 aromatic rings. The van der Waals surface area contributed by atoms with Crippen molar-refractivity contribution in [3.05, 3.63) is 64.3 Å². The number of benzene rings is 1. The molecule has 136 valence electrons. The molecular weight excluding hydrogens is 334 g/mol. The topological polar surface area (TPSA) is 91.6 Å². The zero-order chi connectivity index (χ0) is 18.4. The molecule has 3 rings (SSSR count). The largest absolute Gasteiger partial charge is 0.354 e. The molecule has 0 spiro atoms. The lowest BCUT2D eigenvalue weighted by molar-refractivity contribution is -0.385. The third-order valence-corrected chi connectivity index (χ3v) is 4.40. The van der Waals surface area contributed by atoms with Gasteiger partial charge in [-0.3, -0.25) is 19.8 Å². The second kappa shape index (κ2) is 8.39. The van der Waals surface area contributed by atoms with Crippen LogP contribution in [-0.2, 0) is 0 Å². The Morgan fingerprint density at radius 1 is 1.12 bits per heavy atom. The van der Waals surface area contributed by atoms with Crippen LogP contribution in [0.2, 0.25) is 0 Å². The Hall–Kier alpha value is -3.00. The van der Waals surface area contributed by atoms with Gasteiger partial charge in [-0.15, -0.1) is 0 Å². The summed E-state index contributed by atoms with van der Waals surface area (Å²) < 4.78 is 0. The summed E-state index contributed by atoms with van der Waals surface area (Å²) in [6.45, 7) is 4.71. The van der Waals surface area contributed by atoms with Crippen LogP contribution in [0.4, 0.5) is 11.5 Å². The maximum Gasteiger partial charge on any atom is 0.282 e. The van der Waals surface area contributed by atoms with Gasteiger partial charge in [-0.25, -0.2) is 4.98 Å². The zero-order valence-electron chi connectivity index (χ0n) is 14.4. The van der Waals surface area contributed by atoms with Crippen molar-refractivity contribution in [1.82, 2.24) is 15.2 Å². The highest BCUT2D eigenvalue weighted by Gasteiger charge is 2.20. The molecule has 1 saturated heterocycles. The number of carbonyl (C=O) groups excluding carboxylic acids is 1. The highest BCUT2D eigenvalue weighted by molar-refractivity contribution is 5.98. The van der Waals surface area contributed by atoms with E-state index < -0.39 is 10.8 Å². The van der Waals surface area contributed by atoms with Gasteiger partial charge >= 0.3 is 0 Å². The highest BCUT2D eigenvalue weighted by Crippen LogP contribution is 2.17. The lowest BCUT2D eigenvalue weighted by atomic mass is 10.1. The number of aromatic nitrogens is 1. The Morgan fingerprint density at radius 3 is 2.54 bits per heavy atom. The first-order valence-corrected chi connectivity index (χ1v) is 8.55. The zero-order valence-corrected chi connectivity index (χ0v) is 14.4. The van der Waals surface area contributed by atoms with Gasteiger partial charge in [-0.05, 0) is 18.2 Å². The molecule has 0 atom stereocenters. The van der Waals surface area contributed by atoms with Crippen molar-refractivity contribution in [3.8, 4) is 0 Å². The van der Waals surface area contributed by atoms with Gasteiger partial charge in [0.2, 0.25) is 0 Å². The van der Waals surface area contributed by atoms with Gasteiger partial charge in [0, 0.05) is 51.5 Å². The van der Waals surface area contributed by atoms with Gasteiger partial charge in [0.1, 0.15) is 11.4 Å². The maximum atomic E-state index is 12.2. The summed E-state index contributed by atoms with van der Waals surface area (Å²) >= 11 is 0. The lowest BCUT2D eigenvalue weighted by Gasteiger charge is -2.35. The predicted molar refractivity (Wildman–Crippen MR) is 98.3 cm³/mol. The van der Waals surface area contributed by atoms with E-state index in [1.54, 1.807) is 18.3 Å². The molecule has 1 aliphatic heterocycles. The molecule has 8 heteroatoms. The minimum Gasteiger partial charge on any atom is -0.354 e. The third-order valence-electron chi connectivity index (χ3n) is 4.40. The van der Waals surface area contributed by atoms with Crippen molar-refractivity contribution in [3.63, 3.8) is 0 Å². The summed E-state index contributed by atoms with van der Waals surface area (Å²) in [5, 5.41) is 13.8. The first-order valence-electron chi connectivity index (χ1n) is 8.55. The molecule has 1 N–H and O–H groups in total. The standard InChI is InChI=1S/C18H21N5O3/c24-18(15-5-1-2-6-16(15)23(25)26)20-9-10-21-11-13-22(14-12-21)17-7-3-4-8-19-17/h1-8H,9-14H2,(H,20,24). The molecule has 2 heterocycles. The molecule has 8 nitrogen and oxygen atoms in total. The Kier molecular flexibility index (Phi) is 5.75. The van der Waals surface area contributed by atoms with Gasteiger partial charge < -0.3 is 10.2 Å².